The molecule has 0 aliphatic heterocycles. The van der Waals surface area contributed by atoms with Gasteiger partial charge >= 0.3 is 5.97 Å². The van der Waals surface area contributed by atoms with Crippen LogP contribution in [0.25, 0.3) is 0 Å². The highest BCUT2D eigenvalue weighted by Crippen LogP contribution is 2.35. The fourth-order valence-corrected chi connectivity index (χ4v) is 1.90. The summed E-state index contributed by atoms with van der Waals surface area (Å²) in [6, 6.07) is 0. The van der Waals surface area contributed by atoms with Gasteiger partial charge < -0.3 is 4.74 Å². The smallest absolute Gasteiger partial charge is 0.312 e. The number of carbonyl (C=O) groups excluding carboxylic acids is 1. The molecule has 0 rings (SSSR count). The zero-order chi connectivity index (χ0) is 12.8. The maximum absolute atomic E-state index is 12.2. The number of rotatable bonds is 6. The summed E-state index contributed by atoms with van der Waals surface area (Å²) < 4.78 is 5.54. The van der Waals surface area contributed by atoms with Crippen molar-refractivity contribution in [3.05, 3.63) is 0 Å². The number of ether oxygens (including phenoxy) is 1. The summed E-state index contributed by atoms with van der Waals surface area (Å²) in [6.45, 7) is 12.1. The average Bonchev–Trinajstić information content (AvgIpc) is 2.17. The monoisotopic (exact) mass is 228 g/mol. The predicted molar refractivity (Wildman–Crippen MR) is 68.4 cm³/mol. The van der Waals surface area contributed by atoms with Gasteiger partial charge in [0.1, 0.15) is 5.60 Å². The van der Waals surface area contributed by atoms with Crippen LogP contribution in [0.1, 0.15) is 73.6 Å². The molecular weight excluding hydrogens is 200 g/mol. The minimum atomic E-state index is -0.376. The van der Waals surface area contributed by atoms with Crippen molar-refractivity contribution in [2.45, 2.75) is 79.2 Å². The molecule has 0 N–H and O–H groups in total. The van der Waals surface area contributed by atoms with E-state index in [0.717, 1.165) is 32.1 Å². The van der Waals surface area contributed by atoms with Gasteiger partial charge in [0.15, 0.2) is 0 Å². The standard InChI is InChI=1S/C14H28O2/c1-7-10-11-14(8-2,9-3)12(15)16-13(4,5)6/h7-11H2,1-6H3. The quantitative estimate of drug-likeness (QED) is 0.633. The van der Waals surface area contributed by atoms with Crippen LogP contribution in [0.4, 0.5) is 0 Å². The number of esters is 1. The normalized spacial score (nSPS) is 12.6. The van der Waals surface area contributed by atoms with Crippen LogP contribution in [0.5, 0.6) is 0 Å². The summed E-state index contributed by atoms with van der Waals surface area (Å²) in [5.41, 5.74) is -0.637. The molecule has 0 bridgehead atoms. The molecule has 0 heterocycles. The van der Waals surface area contributed by atoms with Gasteiger partial charge in [-0.2, -0.15) is 0 Å². The van der Waals surface area contributed by atoms with Gasteiger partial charge in [0.2, 0.25) is 0 Å². The minimum Gasteiger partial charge on any atom is -0.460 e. The van der Waals surface area contributed by atoms with Crippen molar-refractivity contribution in [1.29, 1.82) is 0 Å². The summed E-state index contributed by atoms with van der Waals surface area (Å²) in [4.78, 5) is 12.2. The van der Waals surface area contributed by atoms with Crippen LogP contribution in [-0.4, -0.2) is 11.6 Å². The largest absolute Gasteiger partial charge is 0.460 e. The number of carbonyl (C=O) groups is 1. The Morgan fingerprint density at radius 1 is 1.06 bits per heavy atom. The second-order valence-corrected chi connectivity index (χ2v) is 5.59. The van der Waals surface area contributed by atoms with E-state index in [0.29, 0.717) is 0 Å². The molecule has 0 saturated carbocycles. The van der Waals surface area contributed by atoms with Crippen molar-refractivity contribution in [1.82, 2.24) is 0 Å². The van der Waals surface area contributed by atoms with Crippen LogP contribution >= 0.6 is 0 Å². The van der Waals surface area contributed by atoms with Crippen molar-refractivity contribution >= 4 is 5.97 Å². The Morgan fingerprint density at radius 2 is 1.56 bits per heavy atom. The summed E-state index contributed by atoms with van der Waals surface area (Å²) in [5, 5.41) is 0. The van der Waals surface area contributed by atoms with Gasteiger partial charge in [-0.25, -0.2) is 0 Å². The third-order valence-electron chi connectivity index (χ3n) is 3.19. The van der Waals surface area contributed by atoms with E-state index in [1.54, 1.807) is 0 Å². The molecule has 2 nitrogen and oxygen atoms in total. The van der Waals surface area contributed by atoms with Crippen LogP contribution < -0.4 is 0 Å². The zero-order valence-corrected chi connectivity index (χ0v) is 11.9. The van der Waals surface area contributed by atoms with Crippen molar-refractivity contribution in [3.63, 3.8) is 0 Å². The molecule has 0 saturated heterocycles. The molecule has 0 aromatic heterocycles. The molecule has 0 spiro atoms. The van der Waals surface area contributed by atoms with Crippen molar-refractivity contribution in [3.8, 4) is 0 Å². The molecular formula is C14H28O2. The first kappa shape index (κ1) is 15.5. The molecule has 0 unspecified atom stereocenters. The fraction of sp³-hybridized carbons (Fsp3) is 0.929. The molecule has 2 heteroatoms. The van der Waals surface area contributed by atoms with E-state index in [1.807, 2.05) is 20.8 Å². The first-order chi connectivity index (χ1) is 7.31. The van der Waals surface area contributed by atoms with Gasteiger partial charge in [-0.1, -0.05) is 33.6 Å². The molecule has 0 aromatic carbocycles. The van der Waals surface area contributed by atoms with Crippen LogP contribution in [0.15, 0.2) is 0 Å². The molecule has 0 aliphatic carbocycles. The Hall–Kier alpha value is -0.530. The third kappa shape index (κ3) is 4.54. The van der Waals surface area contributed by atoms with Gasteiger partial charge in [-0.15, -0.1) is 0 Å². The van der Waals surface area contributed by atoms with Gasteiger partial charge in [0.05, 0.1) is 5.41 Å². The molecule has 0 atom stereocenters. The summed E-state index contributed by atoms with van der Waals surface area (Å²) in [6.07, 6.45) is 4.92. The van der Waals surface area contributed by atoms with Crippen LogP contribution in [0.3, 0.4) is 0 Å². The zero-order valence-electron chi connectivity index (χ0n) is 11.9. The fourth-order valence-electron chi connectivity index (χ4n) is 1.90. The molecule has 96 valence electrons. The first-order valence-electron chi connectivity index (χ1n) is 6.54. The second-order valence-electron chi connectivity index (χ2n) is 5.59. The lowest BCUT2D eigenvalue weighted by Crippen LogP contribution is -2.37. The lowest BCUT2D eigenvalue weighted by molar-refractivity contribution is -0.169. The van der Waals surface area contributed by atoms with E-state index in [9.17, 15) is 4.79 Å². The van der Waals surface area contributed by atoms with Crippen molar-refractivity contribution in [2.75, 3.05) is 0 Å². The lowest BCUT2D eigenvalue weighted by Gasteiger charge is -2.33. The van der Waals surface area contributed by atoms with Crippen LogP contribution in [0, 0.1) is 5.41 Å². The van der Waals surface area contributed by atoms with E-state index in [4.69, 9.17) is 4.74 Å². The van der Waals surface area contributed by atoms with E-state index >= 15 is 0 Å². The molecule has 0 amide bonds. The number of hydrogen-bond acceptors (Lipinski definition) is 2. The average molecular weight is 228 g/mol. The summed E-state index contributed by atoms with van der Waals surface area (Å²) >= 11 is 0. The molecule has 0 radical (unpaired) electrons. The topological polar surface area (TPSA) is 26.3 Å². The molecule has 0 fully saturated rings. The highest BCUT2D eigenvalue weighted by atomic mass is 16.6. The van der Waals surface area contributed by atoms with E-state index < -0.39 is 0 Å². The maximum atomic E-state index is 12.2. The number of hydrogen-bond donors (Lipinski definition) is 0. The third-order valence-corrected chi connectivity index (χ3v) is 3.19. The van der Waals surface area contributed by atoms with Crippen LogP contribution in [-0.2, 0) is 9.53 Å². The molecule has 0 aromatic rings. The van der Waals surface area contributed by atoms with Gasteiger partial charge in [-0.05, 0) is 40.0 Å². The highest BCUT2D eigenvalue weighted by molar-refractivity contribution is 5.77. The summed E-state index contributed by atoms with van der Waals surface area (Å²) in [7, 11) is 0. The highest BCUT2D eigenvalue weighted by Gasteiger charge is 2.37. The first-order valence-corrected chi connectivity index (χ1v) is 6.54. The molecule has 0 aliphatic rings. The minimum absolute atomic E-state index is 0.0153. The Kier molecular flexibility index (Phi) is 6.06. The Bertz CT molecular complexity index is 209. The maximum Gasteiger partial charge on any atom is 0.312 e. The Morgan fingerprint density at radius 3 is 1.88 bits per heavy atom. The van der Waals surface area contributed by atoms with E-state index in [1.165, 1.54) is 0 Å². The Labute approximate surface area is 101 Å². The molecule has 16 heavy (non-hydrogen) atoms. The second kappa shape index (κ2) is 6.27. The van der Waals surface area contributed by atoms with Gasteiger partial charge in [-0.3, -0.25) is 4.79 Å². The van der Waals surface area contributed by atoms with E-state index in [-0.39, 0.29) is 17.0 Å². The number of unbranched alkanes of at least 4 members (excludes halogenated alkanes) is 1. The Balaban J connectivity index is 4.68. The lowest BCUT2D eigenvalue weighted by atomic mass is 9.78. The predicted octanol–water partition coefficient (Wildman–Crippen LogP) is 4.32. The van der Waals surface area contributed by atoms with Gasteiger partial charge in [0.25, 0.3) is 0 Å². The van der Waals surface area contributed by atoms with Gasteiger partial charge in [0, 0.05) is 0 Å². The SMILES string of the molecule is CCCCC(CC)(CC)C(=O)OC(C)(C)C. The van der Waals surface area contributed by atoms with E-state index in [2.05, 4.69) is 20.8 Å². The van der Waals surface area contributed by atoms with Crippen molar-refractivity contribution < 1.29 is 9.53 Å². The summed E-state index contributed by atoms with van der Waals surface area (Å²) in [5.74, 6) is -0.0153. The van der Waals surface area contributed by atoms with Crippen LogP contribution in [0.2, 0.25) is 0 Å². The van der Waals surface area contributed by atoms with Crippen molar-refractivity contribution in [2.24, 2.45) is 5.41 Å².